The van der Waals surface area contributed by atoms with Crippen LogP contribution in [0.4, 0.5) is 0 Å². The first-order valence-corrected chi connectivity index (χ1v) is 5.61. The SMILES string of the molecule is [N-]=[N+]=N[C@@H]1CCCCC[C@H]1CC(O)CO. The van der Waals surface area contributed by atoms with Gasteiger partial charge in [0.05, 0.1) is 12.7 Å². The zero-order chi connectivity index (χ0) is 11.1. The first-order chi connectivity index (χ1) is 7.27. The van der Waals surface area contributed by atoms with Crippen LogP contribution in [0.15, 0.2) is 5.11 Å². The van der Waals surface area contributed by atoms with E-state index >= 15 is 0 Å². The maximum atomic E-state index is 9.40. The number of nitrogens with zero attached hydrogens (tertiary/aromatic N) is 3. The van der Waals surface area contributed by atoms with Gasteiger partial charge in [-0.25, -0.2) is 0 Å². The lowest BCUT2D eigenvalue weighted by Crippen LogP contribution is -2.24. The van der Waals surface area contributed by atoms with Crippen molar-refractivity contribution in [1.82, 2.24) is 0 Å². The van der Waals surface area contributed by atoms with Crippen LogP contribution in [-0.4, -0.2) is 29.0 Å². The number of hydrogen-bond acceptors (Lipinski definition) is 3. The van der Waals surface area contributed by atoms with Gasteiger partial charge < -0.3 is 10.2 Å². The van der Waals surface area contributed by atoms with Gasteiger partial charge in [-0.3, -0.25) is 0 Å². The van der Waals surface area contributed by atoms with Crippen molar-refractivity contribution < 1.29 is 10.2 Å². The molecule has 1 aliphatic carbocycles. The fourth-order valence-corrected chi connectivity index (χ4v) is 2.28. The van der Waals surface area contributed by atoms with E-state index in [2.05, 4.69) is 10.0 Å². The first kappa shape index (κ1) is 12.3. The first-order valence-electron chi connectivity index (χ1n) is 5.61. The van der Waals surface area contributed by atoms with E-state index in [1.807, 2.05) is 0 Å². The minimum atomic E-state index is -0.676. The van der Waals surface area contributed by atoms with Crippen LogP contribution < -0.4 is 0 Å². The van der Waals surface area contributed by atoms with Crippen molar-refractivity contribution in [1.29, 1.82) is 0 Å². The number of azide groups is 1. The average Bonchev–Trinajstić information content (AvgIpc) is 2.45. The van der Waals surface area contributed by atoms with E-state index in [0.717, 1.165) is 25.7 Å². The molecule has 3 atom stereocenters. The quantitative estimate of drug-likeness (QED) is 0.323. The predicted molar refractivity (Wildman–Crippen MR) is 57.2 cm³/mol. The Labute approximate surface area is 89.7 Å². The van der Waals surface area contributed by atoms with Crippen molar-refractivity contribution >= 4 is 0 Å². The minimum absolute atomic E-state index is 0.00120. The summed E-state index contributed by atoms with van der Waals surface area (Å²) in [6.45, 7) is -0.209. The van der Waals surface area contributed by atoms with Gasteiger partial charge in [0.2, 0.25) is 0 Å². The fourth-order valence-electron chi connectivity index (χ4n) is 2.28. The van der Waals surface area contributed by atoms with Crippen LogP contribution in [0.5, 0.6) is 0 Å². The van der Waals surface area contributed by atoms with Crippen LogP contribution in [0, 0.1) is 5.92 Å². The molecular weight excluding hydrogens is 194 g/mol. The highest BCUT2D eigenvalue weighted by atomic mass is 16.3. The Morgan fingerprint density at radius 1 is 1.33 bits per heavy atom. The molecule has 0 heterocycles. The number of aliphatic hydroxyl groups is 2. The van der Waals surface area contributed by atoms with Crippen molar-refractivity contribution in [2.45, 2.75) is 50.7 Å². The monoisotopic (exact) mass is 213 g/mol. The van der Waals surface area contributed by atoms with Gasteiger partial charge in [-0.15, -0.1) is 0 Å². The molecule has 1 rings (SSSR count). The molecule has 0 saturated heterocycles. The highest BCUT2D eigenvalue weighted by Crippen LogP contribution is 2.29. The lowest BCUT2D eigenvalue weighted by molar-refractivity contribution is 0.0690. The molecule has 0 bridgehead atoms. The van der Waals surface area contributed by atoms with Crippen LogP contribution in [0.3, 0.4) is 0 Å². The molecule has 1 unspecified atom stereocenters. The van der Waals surface area contributed by atoms with Gasteiger partial charge >= 0.3 is 0 Å². The molecule has 0 radical (unpaired) electrons. The minimum Gasteiger partial charge on any atom is -0.394 e. The van der Waals surface area contributed by atoms with Crippen molar-refractivity contribution in [2.75, 3.05) is 6.61 Å². The standard InChI is InChI=1S/C10H19N3O2/c11-13-12-10-5-3-1-2-4-8(10)6-9(15)7-14/h8-10,14-15H,1-7H2/t8-,9?,10+/m0/s1. The van der Waals surface area contributed by atoms with Crippen molar-refractivity contribution in [3.05, 3.63) is 10.4 Å². The Morgan fingerprint density at radius 3 is 2.73 bits per heavy atom. The van der Waals surface area contributed by atoms with Crippen LogP contribution in [0.25, 0.3) is 10.4 Å². The van der Waals surface area contributed by atoms with E-state index in [1.165, 1.54) is 6.42 Å². The van der Waals surface area contributed by atoms with E-state index < -0.39 is 6.10 Å². The summed E-state index contributed by atoms with van der Waals surface area (Å²) in [6, 6.07) is -0.00120. The molecule has 15 heavy (non-hydrogen) atoms. The lowest BCUT2D eigenvalue weighted by Gasteiger charge is -2.22. The zero-order valence-electron chi connectivity index (χ0n) is 8.92. The maximum Gasteiger partial charge on any atom is 0.0773 e. The summed E-state index contributed by atoms with van der Waals surface area (Å²) in [6.07, 6.45) is 5.15. The Kier molecular flexibility index (Phi) is 5.47. The zero-order valence-corrected chi connectivity index (χ0v) is 8.92. The molecule has 0 aliphatic heterocycles. The Hall–Kier alpha value is -0.770. The summed E-state index contributed by atoms with van der Waals surface area (Å²) >= 11 is 0. The third kappa shape index (κ3) is 4.08. The highest BCUT2D eigenvalue weighted by molar-refractivity contribution is 4.81. The smallest absolute Gasteiger partial charge is 0.0773 e. The van der Waals surface area contributed by atoms with Crippen molar-refractivity contribution in [3.63, 3.8) is 0 Å². The summed E-state index contributed by atoms with van der Waals surface area (Å²) in [5.74, 6) is 0.227. The van der Waals surface area contributed by atoms with Gasteiger partial charge in [-0.2, -0.15) is 0 Å². The summed E-state index contributed by atoms with van der Waals surface area (Å²) in [7, 11) is 0. The van der Waals surface area contributed by atoms with E-state index in [1.54, 1.807) is 0 Å². The van der Waals surface area contributed by atoms with Gasteiger partial charge in [0.25, 0.3) is 0 Å². The van der Waals surface area contributed by atoms with Crippen molar-refractivity contribution in [2.24, 2.45) is 11.0 Å². The molecule has 5 heteroatoms. The highest BCUT2D eigenvalue weighted by Gasteiger charge is 2.24. The second-order valence-corrected chi connectivity index (χ2v) is 4.24. The molecule has 1 saturated carbocycles. The average molecular weight is 213 g/mol. The van der Waals surface area contributed by atoms with Crippen LogP contribution in [-0.2, 0) is 0 Å². The summed E-state index contributed by atoms with van der Waals surface area (Å²) in [5, 5.41) is 22.0. The second-order valence-electron chi connectivity index (χ2n) is 4.24. The van der Waals surface area contributed by atoms with Gasteiger partial charge in [0.15, 0.2) is 0 Å². The molecule has 1 aliphatic rings. The largest absolute Gasteiger partial charge is 0.394 e. The fraction of sp³-hybridized carbons (Fsp3) is 1.00. The predicted octanol–water partition coefficient (Wildman–Crippen LogP) is 1.99. The third-order valence-electron chi connectivity index (χ3n) is 3.10. The molecule has 0 aromatic rings. The molecule has 1 fully saturated rings. The number of rotatable bonds is 4. The summed E-state index contributed by atoms with van der Waals surface area (Å²) in [5.41, 5.74) is 8.47. The van der Waals surface area contributed by atoms with Gasteiger partial charge in [0.1, 0.15) is 0 Å². The van der Waals surface area contributed by atoms with Gasteiger partial charge in [-0.05, 0) is 30.7 Å². The molecule has 0 aromatic heterocycles. The molecule has 2 N–H and O–H groups in total. The van der Waals surface area contributed by atoms with E-state index in [-0.39, 0.29) is 18.6 Å². The molecule has 86 valence electrons. The number of aliphatic hydroxyl groups excluding tert-OH is 2. The van der Waals surface area contributed by atoms with Crippen LogP contribution in [0.1, 0.15) is 38.5 Å². The number of hydrogen-bond donors (Lipinski definition) is 2. The summed E-state index contributed by atoms with van der Waals surface area (Å²) < 4.78 is 0. The molecule has 0 aromatic carbocycles. The Bertz CT molecular complexity index is 229. The van der Waals surface area contributed by atoms with E-state index in [4.69, 9.17) is 10.6 Å². The van der Waals surface area contributed by atoms with Gasteiger partial charge in [-0.1, -0.05) is 24.4 Å². The topological polar surface area (TPSA) is 89.2 Å². The van der Waals surface area contributed by atoms with E-state index in [0.29, 0.717) is 6.42 Å². The normalized spacial score (nSPS) is 28.9. The third-order valence-corrected chi connectivity index (χ3v) is 3.10. The molecule has 0 spiro atoms. The molecular formula is C10H19N3O2. The van der Waals surface area contributed by atoms with Crippen molar-refractivity contribution in [3.8, 4) is 0 Å². The Morgan fingerprint density at radius 2 is 2.07 bits per heavy atom. The Balaban J connectivity index is 2.57. The van der Waals surface area contributed by atoms with Gasteiger partial charge in [0, 0.05) is 11.0 Å². The van der Waals surface area contributed by atoms with Crippen LogP contribution in [0.2, 0.25) is 0 Å². The lowest BCUT2D eigenvalue weighted by atomic mass is 9.90. The summed E-state index contributed by atoms with van der Waals surface area (Å²) in [4.78, 5) is 2.87. The second kappa shape index (κ2) is 6.67. The maximum absolute atomic E-state index is 9.40. The molecule has 5 nitrogen and oxygen atoms in total. The van der Waals surface area contributed by atoms with Crippen LogP contribution >= 0.6 is 0 Å². The molecule has 0 amide bonds. The van der Waals surface area contributed by atoms with E-state index in [9.17, 15) is 5.11 Å².